The van der Waals surface area contributed by atoms with Crippen molar-refractivity contribution in [3.63, 3.8) is 0 Å². The van der Waals surface area contributed by atoms with Crippen molar-refractivity contribution in [1.82, 2.24) is 4.90 Å². The molecule has 1 aromatic carbocycles. The van der Waals surface area contributed by atoms with Gasteiger partial charge in [0.05, 0.1) is 0 Å². The Morgan fingerprint density at radius 1 is 1.39 bits per heavy atom. The van der Waals surface area contributed by atoms with Crippen LogP contribution in [0.2, 0.25) is 0 Å². The zero-order chi connectivity index (χ0) is 13.1. The van der Waals surface area contributed by atoms with Crippen molar-refractivity contribution in [1.29, 1.82) is 0 Å². The minimum atomic E-state index is -0.176. The Morgan fingerprint density at radius 2 is 2.06 bits per heavy atom. The number of rotatable bonds is 3. The maximum absolute atomic E-state index is 13.3. The Balaban J connectivity index is 1.91. The molecule has 1 saturated heterocycles. The van der Waals surface area contributed by atoms with E-state index in [0.29, 0.717) is 5.92 Å². The van der Waals surface area contributed by atoms with Crippen LogP contribution in [0.1, 0.15) is 25.3 Å². The highest BCUT2D eigenvalue weighted by molar-refractivity contribution is 9.10. The molecule has 2 N–H and O–H groups in total. The summed E-state index contributed by atoms with van der Waals surface area (Å²) >= 11 is 3.33. The lowest BCUT2D eigenvalue weighted by atomic mass is 9.91. The van der Waals surface area contributed by atoms with Gasteiger partial charge in [-0.1, -0.05) is 15.9 Å². The van der Waals surface area contributed by atoms with Crippen molar-refractivity contribution in [3.05, 3.63) is 34.1 Å². The summed E-state index contributed by atoms with van der Waals surface area (Å²) in [5, 5.41) is 0. The Hall–Kier alpha value is -0.450. The molecule has 1 atom stereocenters. The van der Waals surface area contributed by atoms with Crippen LogP contribution in [0.5, 0.6) is 0 Å². The lowest BCUT2D eigenvalue weighted by molar-refractivity contribution is 0.165. The van der Waals surface area contributed by atoms with Gasteiger partial charge in [0.15, 0.2) is 0 Å². The van der Waals surface area contributed by atoms with Crippen LogP contribution in [0.15, 0.2) is 22.7 Å². The Labute approximate surface area is 116 Å². The highest BCUT2D eigenvalue weighted by Gasteiger charge is 2.21. The molecule has 0 bridgehead atoms. The molecule has 2 rings (SSSR count). The number of halogens is 2. The fourth-order valence-corrected chi connectivity index (χ4v) is 3.11. The van der Waals surface area contributed by atoms with E-state index in [-0.39, 0.29) is 11.9 Å². The van der Waals surface area contributed by atoms with Crippen LogP contribution in [0.4, 0.5) is 4.39 Å². The van der Waals surface area contributed by atoms with Crippen LogP contribution in [0.3, 0.4) is 0 Å². The second kappa shape index (κ2) is 6.13. The Kier molecular flexibility index (Phi) is 4.76. The van der Waals surface area contributed by atoms with E-state index >= 15 is 0 Å². The first-order valence-electron chi connectivity index (χ1n) is 6.47. The predicted octanol–water partition coefficient (Wildman–Crippen LogP) is 3.15. The fraction of sp³-hybridized carbons (Fsp3) is 0.571. The second-order valence-electron chi connectivity index (χ2n) is 5.25. The predicted molar refractivity (Wildman–Crippen MR) is 75.8 cm³/mol. The molecule has 1 fully saturated rings. The molecule has 1 aliphatic rings. The maximum Gasteiger partial charge on any atom is 0.124 e. The zero-order valence-electron chi connectivity index (χ0n) is 10.7. The maximum atomic E-state index is 13.3. The molecule has 0 aliphatic carbocycles. The van der Waals surface area contributed by atoms with E-state index in [1.165, 1.54) is 6.07 Å². The summed E-state index contributed by atoms with van der Waals surface area (Å²) in [5.74, 6) is 0.463. The van der Waals surface area contributed by atoms with Gasteiger partial charge in [-0.25, -0.2) is 4.39 Å². The van der Waals surface area contributed by atoms with E-state index in [1.807, 2.05) is 6.07 Å². The zero-order valence-corrected chi connectivity index (χ0v) is 12.3. The number of benzene rings is 1. The minimum absolute atomic E-state index is 0.176. The molecule has 0 amide bonds. The van der Waals surface area contributed by atoms with Gasteiger partial charge in [0.2, 0.25) is 0 Å². The van der Waals surface area contributed by atoms with Crippen LogP contribution < -0.4 is 5.73 Å². The second-order valence-corrected chi connectivity index (χ2v) is 6.17. The summed E-state index contributed by atoms with van der Waals surface area (Å²) in [6, 6.07) is 5.38. The average Bonchev–Trinajstić information content (AvgIpc) is 2.28. The van der Waals surface area contributed by atoms with Gasteiger partial charge in [0.25, 0.3) is 0 Å². The third-order valence-corrected chi connectivity index (χ3v) is 4.16. The lowest BCUT2D eigenvalue weighted by Gasteiger charge is -2.33. The lowest BCUT2D eigenvalue weighted by Crippen LogP contribution is -2.39. The standard InChI is InChI=1S/C14H20BrFN2/c1-10(17)12-2-4-18(5-3-12)9-11-6-13(15)8-14(16)7-11/h6-8,10,12H,2-5,9,17H2,1H3. The molecule has 1 aromatic rings. The largest absolute Gasteiger partial charge is 0.328 e. The van der Waals surface area contributed by atoms with Crippen molar-refractivity contribution in [2.75, 3.05) is 13.1 Å². The molecule has 100 valence electrons. The van der Waals surface area contributed by atoms with Gasteiger partial charge >= 0.3 is 0 Å². The Bertz CT molecular complexity index is 381. The van der Waals surface area contributed by atoms with Crippen molar-refractivity contribution < 1.29 is 4.39 Å². The molecule has 2 nitrogen and oxygen atoms in total. The van der Waals surface area contributed by atoms with Crippen LogP contribution in [0.25, 0.3) is 0 Å². The molecule has 0 saturated carbocycles. The van der Waals surface area contributed by atoms with Gasteiger partial charge in [0.1, 0.15) is 5.82 Å². The summed E-state index contributed by atoms with van der Waals surface area (Å²) < 4.78 is 14.1. The van der Waals surface area contributed by atoms with Gasteiger partial charge in [-0.15, -0.1) is 0 Å². The number of piperidine rings is 1. The highest BCUT2D eigenvalue weighted by atomic mass is 79.9. The summed E-state index contributed by atoms with van der Waals surface area (Å²) in [5.41, 5.74) is 6.96. The van der Waals surface area contributed by atoms with Gasteiger partial charge < -0.3 is 5.73 Å². The Morgan fingerprint density at radius 3 is 2.61 bits per heavy atom. The van der Waals surface area contributed by atoms with E-state index in [0.717, 1.165) is 42.5 Å². The minimum Gasteiger partial charge on any atom is -0.328 e. The van der Waals surface area contributed by atoms with Crippen LogP contribution in [-0.4, -0.2) is 24.0 Å². The van der Waals surface area contributed by atoms with E-state index < -0.39 is 0 Å². The normalized spacial score (nSPS) is 20.0. The number of nitrogens with two attached hydrogens (primary N) is 1. The van der Waals surface area contributed by atoms with Crippen LogP contribution >= 0.6 is 15.9 Å². The van der Waals surface area contributed by atoms with Gasteiger partial charge in [-0.3, -0.25) is 4.90 Å². The van der Waals surface area contributed by atoms with Crippen molar-refractivity contribution >= 4 is 15.9 Å². The van der Waals surface area contributed by atoms with E-state index in [2.05, 4.69) is 27.8 Å². The third-order valence-electron chi connectivity index (χ3n) is 3.70. The summed E-state index contributed by atoms with van der Waals surface area (Å²) in [6.07, 6.45) is 2.29. The topological polar surface area (TPSA) is 29.3 Å². The number of hydrogen-bond donors (Lipinski definition) is 1. The number of nitrogens with zero attached hydrogens (tertiary/aromatic N) is 1. The molecule has 1 heterocycles. The van der Waals surface area contributed by atoms with E-state index in [9.17, 15) is 4.39 Å². The SMILES string of the molecule is CC(N)C1CCN(Cc2cc(F)cc(Br)c2)CC1. The molecule has 1 aliphatic heterocycles. The number of hydrogen-bond acceptors (Lipinski definition) is 2. The molecule has 1 unspecified atom stereocenters. The monoisotopic (exact) mass is 314 g/mol. The van der Waals surface area contributed by atoms with Gasteiger partial charge in [0, 0.05) is 17.1 Å². The highest BCUT2D eigenvalue weighted by Crippen LogP contribution is 2.22. The molecule has 0 spiro atoms. The third kappa shape index (κ3) is 3.77. The molecular formula is C14H20BrFN2. The summed E-state index contributed by atoms with van der Waals surface area (Å²) in [4.78, 5) is 2.38. The van der Waals surface area contributed by atoms with Crippen LogP contribution in [0, 0.1) is 11.7 Å². The van der Waals surface area contributed by atoms with Crippen molar-refractivity contribution in [3.8, 4) is 0 Å². The fourth-order valence-electron chi connectivity index (χ4n) is 2.60. The molecule has 0 aromatic heterocycles. The average molecular weight is 315 g/mol. The van der Waals surface area contributed by atoms with Crippen molar-refractivity contribution in [2.45, 2.75) is 32.4 Å². The van der Waals surface area contributed by atoms with Crippen LogP contribution in [-0.2, 0) is 6.54 Å². The molecule has 4 heteroatoms. The molecular weight excluding hydrogens is 295 g/mol. The number of likely N-dealkylation sites (tertiary alicyclic amines) is 1. The van der Waals surface area contributed by atoms with Gasteiger partial charge in [-0.2, -0.15) is 0 Å². The van der Waals surface area contributed by atoms with Crippen molar-refractivity contribution in [2.24, 2.45) is 11.7 Å². The van der Waals surface area contributed by atoms with E-state index in [4.69, 9.17) is 5.73 Å². The first-order chi connectivity index (χ1) is 8.54. The molecule has 18 heavy (non-hydrogen) atoms. The molecule has 0 radical (unpaired) electrons. The quantitative estimate of drug-likeness (QED) is 0.928. The summed E-state index contributed by atoms with van der Waals surface area (Å²) in [6.45, 7) is 5.02. The smallest absolute Gasteiger partial charge is 0.124 e. The first-order valence-corrected chi connectivity index (χ1v) is 7.27. The van der Waals surface area contributed by atoms with E-state index in [1.54, 1.807) is 6.07 Å². The summed E-state index contributed by atoms with van der Waals surface area (Å²) in [7, 11) is 0. The van der Waals surface area contributed by atoms with Gasteiger partial charge in [-0.05, 0) is 62.5 Å². The first kappa shape index (κ1) is 14.0.